The zero-order chi connectivity index (χ0) is 27.7. The second-order valence-corrected chi connectivity index (χ2v) is 13.0. The van der Waals surface area contributed by atoms with Gasteiger partial charge in [0, 0.05) is 29.3 Å². The Kier molecular flexibility index (Phi) is 8.15. The number of thiazole rings is 1. The third kappa shape index (κ3) is 6.02. The van der Waals surface area contributed by atoms with Crippen molar-refractivity contribution in [2.45, 2.75) is 37.5 Å². The first-order valence-corrected chi connectivity index (χ1v) is 15.2. The minimum atomic E-state index is -4.63. The summed E-state index contributed by atoms with van der Waals surface area (Å²) in [6.45, 7) is 5.95. The molecule has 4 aromatic rings. The highest BCUT2D eigenvalue weighted by Crippen LogP contribution is 2.42. The topological polar surface area (TPSA) is 84.8 Å². The van der Waals surface area contributed by atoms with Crippen molar-refractivity contribution < 1.29 is 21.6 Å². The normalized spacial score (nSPS) is 12.1. The van der Waals surface area contributed by atoms with E-state index in [-0.39, 0.29) is 11.0 Å². The van der Waals surface area contributed by atoms with Gasteiger partial charge in [0.1, 0.15) is 22.4 Å². The molecule has 0 aliphatic rings. The van der Waals surface area contributed by atoms with Crippen LogP contribution in [0.4, 0.5) is 18.9 Å². The third-order valence-corrected chi connectivity index (χ3v) is 8.91. The number of nitrogens with zero attached hydrogens (tertiary/aromatic N) is 3. The molecule has 0 aliphatic carbocycles. The molecule has 0 fully saturated rings. The molecule has 0 amide bonds. The molecule has 0 saturated carbocycles. The molecule has 2 aromatic heterocycles. The van der Waals surface area contributed by atoms with Gasteiger partial charge in [-0.05, 0) is 42.7 Å². The van der Waals surface area contributed by atoms with Gasteiger partial charge >= 0.3 is 0 Å². The third-order valence-electron chi connectivity index (χ3n) is 5.42. The van der Waals surface area contributed by atoms with Gasteiger partial charge in [0.2, 0.25) is 0 Å². The predicted molar refractivity (Wildman–Crippen MR) is 146 cm³/mol. The SMILES string of the molecule is CSCCc1nccc(-c2sc(C(C)(C)C)nc2-c2cccc(NS(=O)(=O)c3cc(F)ccc3F)c2F)n1. The Balaban J connectivity index is 1.82. The summed E-state index contributed by atoms with van der Waals surface area (Å²) in [6, 6.07) is 7.90. The van der Waals surface area contributed by atoms with Gasteiger partial charge in [-0.25, -0.2) is 36.5 Å². The predicted octanol–water partition coefficient (Wildman–Crippen LogP) is 6.69. The second-order valence-electron chi connectivity index (χ2n) is 9.40. The minimum absolute atomic E-state index is 0.0379. The fourth-order valence-electron chi connectivity index (χ4n) is 3.51. The summed E-state index contributed by atoms with van der Waals surface area (Å²) in [6.07, 6.45) is 4.30. The van der Waals surface area contributed by atoms with E-state index >= 15 is 4.39 Å². The lowest BCUT2D eigenvalue weighted by Crippen LogP contribution is -2.16. The lowest BCUT2D eigenvalue weighted by Gasteiger charge is -2.14. The van der Waals surface area contributed by atoms with Crippen molar-refractivity contribution >= 4 is 38.8 Å². The van der Waals surface area contributed by atoms with Gasteiger partial charge in [-0.1, -0.05) is 26.8 Å². The van der Waals surface area contributed by atoms with Crippen molar-refractivity contribution in [3.8, 4) is 21.8 Å². The Hall–Kier alpha value is -2.96. The zero-order valence-corrected chi connectivity index (χ0v) is 23.5. The largest absolute Gasteiger partial charge is 0.277 e. The Morgan fingerprint density at radius 3 is 2.53 bits per heavy atom. The van der Waals surface area contributed by atoms with Crippen LogP contribution in [0, 0.1) is 17.5 Å². The van der Waals surface area contributed by atoms with E-state index in [9.17, 15) is 17.2 Å². The fourth-order valence-corrected chi connectivity index (χ4v) is 6.16. The van der Waals surface area contributed by atoms with Gasteiger partial charge < -0.3 is 0 Å². The number of hydrogen-bond donors (Lipinski definition) is 1. The minimum Gasteiger partial charge on any atom is -0.277 e. The first-order chi connectivity index (χ1) is 17.9. The van der Waals surface area contributed by atoms with Gasteiger partial charge in [-0.3, -0.25) is 4.72 Å². The molecule has 6 nitrogen and oxygen atoms in total. The van der Waals surface area contributed by atoms with Crippen LogP contribution in [0.25, 0.3) is 21.8 Å². The quantitative estimate of drug-likeness (QED) is 0.251. The molecule has 4 rings (SSSR count). The summed E-state index contributed by atoms with van der Waals surface area (Å²) in [5.74, 6) is -1.52. The number of aryl methyl sites for hydroxylation is 1. The molecular formula is C26H25F3N4O2S3. The van der Waals surface area contributed by atoms with Crippen molar-refractivity contribution in [1.29, 1.82) is 0 Å². The van der Waals surface area contributed by atoms with E-state index in [4.69, 9.17) is 4.98 Å². The molecule has 0 aliphatic heterocycles. The smallest absolute Gasteiger partial charge is 0.265 e. The number of halogens is 3. The van der Waals surface area contributed by atoms with Crippen LogP contribution in [0.1, 0.15) is 31.6 Å². The van der Waals surface area contributed by atoms with Crippen LogP contribution in [0.3, 0.4) is 0 Å². The van der Waals surface area contributed by atoms with Crippen molar-refractivity contribution in [3.63, 3.8) is 0 Å². The monoisotopic (exact) mass is 578 g/mol. The second kappa shape index (κ2) is 11.0. The number of thioether (sulfide) groups is 1. The van der Waals surface area contributed by atoms with Gasteiger partial charge in [0.25, 0.3) is 10.0 Å². The van der Waals surface area contributed by atoms with Crippen molar-refractivity contribution in [3.05, 3.63) is 76.9 Å². The molecule has 2 heterocycles. The lowest BCUT2D eigenvalue weighted by molar-refractivity contribution is 0.555. The summed E-state index contributed by atoms with van der Waals surface area (Å²) in [4.78, 5) is 13.4. The summed E-state index contributed by atoms with van der Waals surface area (Å²) in [7, 11) is -4.63. The Bertz CT molecular complexity index is 1590. The number of sulfonamides is 1. The molecule has 0 radical (unpaired) electrons. The highest BCUT2D eigenvalue weighted by molar-refractivity contribution is 7.98. The van der Waals surface area contributed by atoms with Gasteiger partial charge in [0.05, 0.1) is 27.0 Å². The first kappa shape index (κ1) is 28.1. The lowest BCUT2D eigenvalue weighted by atomic mass is 9.98. The molecule has 2 aromatic carbocycles. The number of rotatable bonds is 8. The van der Waals surface area contributed by atoms with Crippen LogP contribution in [-0.4, -0.2) is 35.4 Å². The van der Waals surface area contributed by atoms with Crippen molar-refractivity contribution in [1.82, 2.24) is 15.0 Å². The standard InChI is InChI=1S/C26H25F3N4O2S3/c1-26(2,3)25-32-23(24(37-25)19-10-12-30-21(31-19)11-13-36-4)16-6-5-7-18(22(16)29)33-38(34,35)20-14-15(27)8-9-17(20)28/h5-10,12,14,33H,11,13H2,1-4H3. The molecule has 0 unspecified atom stereocenters. The van der Waals surface area contributed by atoms with E-state index in [1.165, 1.54) is 29.5 Å². The molecule has 0 saturated heterocycles. The molecule has 1 N–H and O–H groups in total. The molecule has 0 atom stereocenters. The van der Waals surface area contributed by atoms with Crippen LogP contribution < -0.4 is 4.72 Å². The summed E-state index contributed by atoms with van der Waals surface area (Å²) < 4.78 is 71.3. The van der Waals surface area contributed by atoms with Crippen molar-refractivity contribution in [2.75, 3.05) is 16.7 Å². The number of benzene rings is 2. The van der Waals surface area contributed by atoms with Crippen molar-refractivity contribution in [2.24, 2.45) is 0 Å². The van der Waals surface area contributed by atoms with Crippen LogP contribution in [-0.2, 0) is 21.9 Å². The van der Waals surface area contributed by atoms with Crippen LogP contribution in [0.2, 0.25) is 0 Å². The maximum Gasteiger partial charge on any atom is 0.265 e. The first-order valence-electron chi connectivity index (χ1n) is 11.5. The molecular weight excluding hydrogens is 554 g/mol. The zero-order valence-electron chi connectivity index (χ0n) is 21.0. The Morgan fingerprint density at radius 1 is 1.05 bits per heavy atom. The summed E-state index contributed by atoms with van der Waals surface area (Å²) in [5.41, 5.74) is 0.134. The van der Waals surface area contributed by atoms with Gasteiger partial charge in [0.15, 0.2) is 5.82 Å². The maximum absolute atomic E-state index is 15.9. The molecule has 200 valence electrons. The maximum atomic E-state index is 15.9. The van der Waals surface area contributed by atoms with Crippen LogP contribution in [0.5, 0.6) is 0 Å². The summed E-state index contributed by atoms with van der Waals surface area (Å²) >= 11 is 3.05. The Labute approximate surface area is 227 Å². The van der Waals surface area contributed by atoms with E-state index in [0.717, 1.165) is 16.8 Å². The van der Waals surface area contributed by atoms with Crippen LogP contribution >= 0.6 is 23.1 Å². The molecule has 38 heavy (non-hydrogen) atoms. The highest BCUT2D eigenvalue weighted by atomic mass is 32.2. The van der Waals surface area contributed by atoms with E-state index in [1.54, 1.807) is 24.0 Å². The highest BCUT2D eigenvalue weighted by Gasteiger charge is 2.27. The van der Waals surface area contributed by atoms with E-state index in [0.29, 0.717) is 40.6 Å². The van der Waals surface area contributed by atoms with E-state index in [2.05, 4.69) is 9.97 Å². The average molecular weight is 579 g/mol. The van der Waals surface area contributed by atoms with Gasteiger partial charge in [-0.15, -0.1) is 11.3 Å². The van der Waals surface area contributed by atoms with E-state index < -0.39 is 38.1 Å². The summed E-state index contributed by atoms with van der Waals surface area (Å²) in [5, 5.41) is 0.735. The Morgan fingerprint density at radius 2 is 1.82 bits per heavy atom. The number of anilines is 1. The number of nitrogens with one attached hydrogen (secondary N) is 1. The van der Waals surface area contributed by atoms with E-state index in [1.807, 2.05) is 31.7 Å². The number of aromatic nitrogens is 3. The molecule has 0 bridgehead atoms. The molecule has 12 heteroatoms. The number of hydrogen-bond acceptors (Lipinski definition) is 7. The van der Waals surface area contributed by atoms with Crippen LogP contribution in [0.15, 0.2) is 53.6 Å². The molecule has 0 spiro atoms. The van der Waals surface area contributed by atoms with Gasteiger partial charge in [-0.2, -0.15) is 11.8 Å². The fraction of sp³-hybridized carbons (Fsp3) is 0.269. The average Bonchev–Trinajstić information content (AvgIpc) is 3.31.